The van der Waals surface area contributed by atoms with Crippen molar-refractivity contribution in [2.24, 2.45) is 5.73 Å². The van der Waals surface area contributed by atoms with E-state index in [0.717, 1.165) is 16.3 Å². The van der Waals surface area contributed by atoms with E-state index in [4.69, 9.17) is 5.73 Å². The minimum atomic E-state index is -0.669. The number of rotatable bonds is 5. The van der Waals surface area contributed by atoms with Crippen molar-refractivity contribution in [3.05, 3.63) is 89.6 Å². The van der Waals surface area contributed by atoms with Gasteiger partial charge in [0.15, 0.2) is 0 Å². The molecule has 4 rings (SSSR count). The first kappa shape index (κ1) is 20.3. The molecule has 0 spiro atoms. The lowest BCUT2D eigenvalue weighted by Crippen LogP contribution is -2.46. The molecule has 3 N–H and O–H groups in total. The summed E-state index contributed by atoms with van der Waals surface area (Å²) in [5, 5.41) is 4.74. The summed E-state index contributed by atoms with van der Waals surface area (Å²) in [4.78, 5) is 39.5. The number of nitrogens with two attached hydrogens (primary N) is 1. The van der Waals surface area contributed by atoms with Crippen molar-refractivity contribution < 1.29 is 14.4 Å². The number of hydrogen-bond donors (Lipinski definition) is 2. The number of nitrogens with one attached hydrogen (secondary N) is 1. The predicted molar refractivity (Wildman–Crippen MR) is 120 cm³/mol. The molecule has 0 bridgehead atoms. The van der Waals surface area contributed by atoms with Crippen LogP contribution in [0.1, 0.15) is 28.8 Å². The zero-order chi connectivity index (χ0) is 21.8. The Morgan fingerprint density at radius 3 is 2.42 bits per heavy atom. The average molecular weight is 413 g/mol. The van der Waals surface area contributed by atoms with Crippen molar-refractivity contribution in [1.29, 1.82) is 0 Å². The second-order valence-corrected chi connectivity index (χ2v) is 7.51. The Kier molecular flexibility index (Phi) is 5.80. The number of benzene rings is 3. The molecular weight excluding hydrogens is 390 g/mol. The molecule has 31 heavy (non-hydrogen) atoms. The van der Waals surface area contributed by atoms with E-state index in [2.05, 4.69) is 5.32 Å². The summed E-state index contributed by atoms with van der Waals surface area (Å²) in [5.41, 5.74) is 6.85. The van der Waals surface area contributed by atoms with Crippen LogP contribution in [0.3, 0.4) is 0 Å². The van der Waals surface area contributed by atoms with E-state index in [9.17, 15) is 14.4 Å². The zero-order valence-electron chi connectivity index (χ0n) is 17.0. The molecule has 3 aromatic rings. The van der Waals surface area contributed by atoms with E-state index in [-0.39, 0.29) is 5.70 Å². The van der Waals surface area contributed by atoms with Gasteiger partial charge in [-0.3, -0.25) is 14.4 Å². The van der Waals surface area contributed by atoms with Gasteiger partial charge in [-0.05, 0) is 47.4 Å². The van der Waals surface area contributed by atoms with E-state index in [1.54, 1.807) is 30.3 Å². The summed E-state index contributed by atoms with van der Waals surface area (Å²) in [6.45, 7) is 0.417. The fourth-order valence-electron chi connectivity index (χ4n) is 3.93. The van der Waals surface area contributed by atoms with Gasteiger partial charge in [0.2, 0.25) is 5.91 Å². The highest BCUT2D eigenvalue weighted by Gasteiger charge is 2.34. The Morgan fingerprint density at radius 1 is 0.935 bits per heavy atom. The Bertz CT molecular complexity index is 1170. The molecule has 1 atom stereocenters. The lowest BCUT2D eigenvalue weighted by atomic mass is 10.0. The summed E-state index contributed by atoms with van der Waals surface area (Å²) >= 11 is 0. The van der Waals surface area contributed by atoms with E-state index in [1.165, 1.54) is 4.90 Å². The molecule has 0 saturated carbocycles. The number of nitrogens with zero attached hydrogens (tertiary/aromatic N) is 1. The molecule has 1 fully saturated rings. The van der Waals surface area contributed by atoms with E-state index in [0.29, 0.717) is 24.9 Å². The predicted octanol–water partition coefficient (Wildman–Crippen LogP) is 3.09. The number of carbonyl (C=O) groups excluding carboxylic acids is 3. The van der Waals surface area contributed by atoms with Crippen LogP contribution in [0.15, 0.2) is 78.5 Å². The van der Waals surface area contributed by atoms with Gasteiger partial charge >= 0.3 is 0 Å². The summed E-state index contributed by atoms with van der Waals surface area (Å²) in [5.74, 6) is -1.35. The van der Waals surface area contributed by atoms with Gasteiger partial charge in [0.05, 0.1) is 0 Å². The van der Waals surface area contributed by atoms with Crippen molar-refractivity contribution >= 4 is 34.6 Å². The number of fused-ring (bicyclic) bond motifs is 1. The number of carbonyl (C=O) groups is 3. The maximum atomic E-state index is 13.4. The highest BCUT2D eigenvalue weighted by molar-refractivity contribution is 6.07. The van der Waals surface area contributed by atoms with Gasteiger partial charge < -0.3 is 16.0 Å². The highest BCUT2D eigenvalue weighted by Crippen LogP contribution is 2.23. The normalized spacial score (nSPS) is 16.3. The quantitative estimate of drug-likeness (QED) is 0.630. The molecule has 1 aliphatic heterocycles. The lowest BCUT2D eigenvalue weighted by molar-refractivity contribution is -0.134. The second-order valence-electron chi connectivity index (χ2n) is 7.51. The molecule has 1 heterocycles. The van der Waals surface area contributed by atoms with Crippen LogP contribution in [0, 0.1) is 0 Å². The van der Waals surface area contributed by atoms with Crippen LogP contribution in [0.25, 0.3) is 16.8 Å². The smallest absolute Gasteiger partial charge is 0.271 e. The van der Waals surface area contributed by atoms with Crippen LogP contribution < -0.4 is 11.1 Å². The topological polar surface area (TPSA) is 92.5 Å². The third-order valence-corrected chi connectivity index (χ3v) is 5.48. The van der Waals surface area contributed by atoms with Crippen molar-refractivity contribution in [2.75, 3.05) is 6.54 Å². The summed E-state index contributed by atoms with van der Waals surface area (Å²) in [6, 6.07) is 21.6. The van der Waals surface area contributed by atoms with Crippen molar-refractivity contribution in [1.82, 2.24) is 10.2 Å². The van der Waals surface area contributed by atoms with Crippen molar-refractivity contribution in [3.8, 4) is 0 Å². The molecule has 1 aliphatic rings. The average Bonchev–Trinajstić information content (AvgIpc) is 3.29. The van der Waals surface area contributed by atoms with Gasteiger partial charge in [-0.2, -0.15) is 0 Å². The number of amides is 3. The maximum Gasteiger partial charge on any atom is 0.271 e. The molecular formula is C25H23N3O3. The fraction of sp³-hybridized carbons (Fsp3) is 0.160. The number of likely N-dealkylation sites (tertiary alicyclic amines) is 1. The van der Waals surface area contributed by atoms with E-state index in [1.807, 2.05) is 48.5 Å². The molecule has 156 valence electrons. The first-order valence-electron chi connectivity index (χ1n) is 10.2. The third-order valence-electron chi connectivity index (χ3n) is 5.48. The Balaban J connectivity index is 1.75. The molecule has 3 aromatic carbocycles. The molecule has 0 aliphatic carbocycles. The minimum Gasteiger partial charge on any atom is -0.368 e. The standard InChI is InChI=1S/C25H23N3O3/c26-23(29)22-14-7-15-28(22)25(31)21(27-24(30)18-9-2-1-3-10-18)16-19-12-6-11-17-8-4-5-13-20(17)19/h1-6,8-13,16,22H,7,14-15H2,(H2,26,29)(H,27,30)/b21-16-/t22-/m0/s1. The first-order chi connectivity index (χ1) is 15.0. The monoisotopic (exact) mass is 413 g/mol. The molecule has 3 amide bonds. The minimum absolute atomic E-state index is 0.110. The molecule has 6 nitrogen and oxygen atoms in total. The van der Waals surface area contributed by atoms with Crippen LogP contribution in [0.5, 0.6) is 0 Å². The molecule has 0 radical (unpaired) electrons. The van der Waals surface area contributed by atoms with Crippen molar-refractivity contribution in [3.63, 3.8) is 0 Å². The fourth-order valence-corrected chi connectivity index (χ4v) is 3.93. The summed E-state index contributed by atoms with van der Waals surface area (Å²) in [6.07, 6.45) is 2.88. The van der Waals surface area contributed by atoms with Gasteiger partial charge in [-0.25, -0.2) is 0 Å². The van der Waals surface area contributed by atoms with Crippen LogP contribution in [-0.4, -0.2) is 35.2 Å². The van der Waals surface area contributed by atoms with Gasteiger partial charge in [0, 0.05) is 12.1 Å². The van der Waals surface area contributed by atoms with Gasteiger partial charge in [-0.1, -0.05) is 60.7 Å². The molecule has 0 unspecified atom stereocenters. The van der Waals surface area contributed by atoms with E-state index >= 15 is 0 Å². The van der Waals surface area contributed by atoms with Crippen LogP contribution in [0.2, 0.25) is 0 Å². The van der Waals surface area contributed by atoms with Crippen molar-refractivity contribution in [2.45, 2.75) is 18.9 Å². The summed E-state index contributed by atoms with van der Waals surface area (Å²) < 4.78 is 0. The van der Waals surface area contributed by atoms with Gasteiger partial charge in [-0.15, -0.1) is 0 Å². The third kappa shape index (κ3) is 4.33. The number of primary amides is 1. The van der Waals surface area contributed by atoms with Crippen LogP contribution in [0.4, 0.5) is 0 Å². The highest BCUT2D eigenvalue weighted by atomic mass is 16.2. The Labute approximate surface area is 180 Å². The first-order valence-corrected chi connectivity index (χ1v) is 10.2. The SMILES string of the molecule is NC(=O)[C@@H]1CCCN1C(=O)/C(=C/c1cccc2ccccc12)NC(=O)c1ccccc1. The molecule has 1 saturated heterocycles. The Hall–Kier alpha value is -3.93. The molecule has 0 aromatic heterocycles. The molecule has 6 heteroatoms. The van der Waals surface area contributed by atoms with Crippen LogP contribution in [-0.2, 0) is 9.59 Å². The largest absolute Gasteiger partial charge is 0.368 e. The zero-order valence-corrected chi connectivity index (χ0v) is 17.0. The number of hydrogen-bond acceptors (Lipinski definition) is 3. The Morgan fingerprint density at radius 2 is 1.65 bits per heavy atom. The second kappa shape index (κ2) is 8.83. The van der Waals surface area contributed by atoms with E-state index < -0.39 is 23.8 Å². The summed E-state index contributed by atoms with van der Waals surface area (Å²) in [7, 11) is 0. The van der Waals surface area contributed by atoms with Gasteiger partial charge in [0.1, 0.15) is 11.7 Å². The van der Waals surface area contributed by atoms with Crippen LogP contribution >= 0.6 is 0 Å². The van der Waals surface area contributed by atoms with Gasteiger partial charge in [0.25, 0.3) is 11.8 Å². The maximum absolute atomic E-state index is 13.4. The lowest BCUT2D eigenvalue weighted by Gasteiger charge is -2.24.